The van der Waals surface area contributed by atoms with Gasteiger partial charge in [-0.15, -0.1) is 0 Å². The van der Waals surface area contributed by atoms with E-state index in [-0.39, 0.29) is 13.5 Å². The standard InChI is InChI=1S/C7H16N2.H2S/c1-6(2)9-4-3-7(8)5-9;/h6-7H,3-5,8H2,1-2H3;1H2/t7-;/m0./s1. The van der Waals surface area contributed by atoms with Crippen molar-refractivity contribution in [3.63, 3.8) is 0 Å². The first-order chi connectivity index (χ1) is 4.20. The summed E-state index contributed by atoms with van der Waals surface area (Å²) in [5, 5.41) is 0. The van der Waals surface area contributed by atoms with Gasteiger partial charge in [-0.3, -0.25) is 4.90 Å². The fourth-order valence-electron chi connectivity index (χ4n) is 1.28. The highest BCUT2D eigenvalue weighted by atomic mass is 32.1. The molecule has 1 rings (SSSR count). The van der Waals surface area contributed by atoms with Gasteiger partial charge in [0.15, 0.2) is 0 Å². The summed E-state index contributed by atoms with van der Waals surface area (Å²) in [5.41, 5.74) is 5.72. The predicted molar refractivity (Wildman–Crippen MR) is 49.7 cm³/mol. The average Bonchev–Trinajstić information content (AvgIpc) is 2.14. The fourth-order valence-corrected chi connectivity index (χ4v) is 1.28. The quantitative estimate of drug-likeness (QED) is 0.610. The maximum atomic E-state index is 5.72. The highest BCUT2D eigenvalue weighted by Crippen LogP contribution is 2.09. The molecule has 1 saturated heterocycles. The van der Waals surface area contributed by atoms with Crippen LogP contribution in [-0.2, 0) is 0 Å². The maximum absolute atomic E-state index is 5.72. The first-order valence-electron chi connectivity index (χ1n) is 3.70. The Bertz CT molecular complexity index is 95.6. The largest absolute Gasteiger partial charge is 0.326 e. The summed E-state index contributed by atoms with van der Waals surface area (Å²) in [6.45, 7) is 6.73. The van der Waals surface area contributed by atoms with Gasteiger partial charge in [0, 0.05) is 18.6 Å². The van der Waals surface area contributed by atoms with E-state index in [9.17, 15) is 0 Å². The molecule has 1 aliphatic rings. The van der Waals surface area contributed by atoms with Gasteiger partial charge in [-0.25, -0.2) is 0 Å². The Labute approximate surface area is 70.2 Å². The van der Waals surface area contributed by atoms with Gasteiger partial charge < -0.3 is 5.73 Å². The van der Waals surface area contributed by atoms with E-state index >= 15 is 0 Å². The second kappa shape index (κ2) is 4.21. The summed E-state index contributed by atoms with van der Waals surface area (Å²) < 4.78 is 0. The number of rotatable bonds is 1. The van der Waals surface area contributed by atoms with Crippen molar-refractivity contribution in [2.45, 2.75) is 32.4 Å². The predicted octanol–water partition coefficient (Wildman–Crippen LogP) is 0.541. The molecule has 0 aromatic heterocycles. The lowest BCUT2D eigenvalue weighted by atomic mass is 10.3. The lowest BCUT2D eigenvalue weighted by molar-refractivity contribution is 0.272. The van der Waals surface area contributed by atoms with Crippen LogP contribution in [0.15, 0.2) is 0 Å². The van der Waals surface area contributed by atoms with Gasteiger partial charge in [-0.05, 0) is 26.8 Å². The number of likely N-dealkylation sites (tertiary alicyclic amines) is 1. The molecular formula is C7H18N2S. The molecule has 0 amide bonds. The topological polar surface area (TPSA) is 29.3 Å². The molecule has 2 nitrogen and oxygen atoms in total. The molecule has 0 aliphatic carbocycles. The first-order valence-corrected chi connectivity index (χ1v) is 3.70. The molecule has 0 bridgehead atoms. The number of nitrogens with zero attached hydrogens (tertiary/aromatic N) is 1. The Hall–Kier alpha value is 0.270. The van der Waals surface area contributed by atoms with Gasteiger partial charge in [-0.1, -0.05) is 0 Å². The fraction of sp³-hybridized carbons (Fsp3) is 1.00. The molecule has 0 unspecified atom stereocenters. The highest BCUT2D eigenvalue weighted by Gasteiger charge is 2.20. The summed E-state index contributed by atoms with van der Waals surface area (Å²) in [7, 11) is 0. The minimum atomic E-state index is 0. The van der Waals surface area contributed by atoms with Gasteiger partial charge in [0.05, 0.1) is 0 Å². The zero-order valence-electron chi connectivity index (χ0n) is 6.80. The van der Waals surface area contributed by atoms with Crippen LogP contribution >= 0.6 is 13.5 Å². The van der Waals surface area contributed by atoms with Crippen LogP contribution in [0.1, 0.15) is 20.3 Å². The molecule has 62 valence electrons. The van der Waals surface area contributed by atoms with Crippen molar-refractivity contribution in [3.05, 3.63) is 0 Å². The van der Waals surface area contributed by atoms with Crippen molar-refractivity contribution >= 4 is 13.5 Å². The van der Waals surface area contributed by atoms with Crippen molar-refractivity contribution in [2.24, 2.45) is 5.73 Å². The van der Waals surface area contributed by atoms with Crippen LogP contribution in [0.3, 0.4) is 0 Å². The molecule has 1 fully saturated rings. The average molecular weight is 162 g/mol. The normalized spacial score (nSPS) is 27.0. The van der Waals surface area contributed by atoms with E-state index in [1.807, 2.05) is 0 Å². The van der Waals surface area contributed by atoms with Gasteiger partial charge >= 0.3 is 0 Å². The number of nitrogens with two attached hydrogens (primary N) is 1. The van der Waals surface area contributed by atoms with Crippen LogP contribution in [0.2, 0.25) is 0 Å². The summed E-state index contributed by atoms with van der Waals surface area (Å²) in [6.07, 6.45) is 1.18. The third-order valence-corrected chi connectivity index (χ3v) is 1.99. The van der Waals surface area contributed by atoms with Crippen LogP contribution < -0.4 is 5.73 Å². The molecule has 2 N–H and O–H groups in total. The Kier molecular flexibility index (Phi) is 4.32. The van der Waals surface area contributed by atoms with E-state index in [4.69, 9.17) is 5.73 Å². The van der Waals surface area contributed by atoms with E-state index in [0.717, 1.165) is 6.54 Å². The van der Waals surface area contributed by atoms with Crippen LogP contribution in [0, 0.1) is 0 Å². The molecule has 1 heterocycles. The third kappa shape index (κ3) is 2.48. The number of hydrogen-bond acceptors (Lipinski definition) is 2. The molecule has 1 aliphatic heterocycles. The zero-order valence-corrected chi connectivity index (χ0v) is 7.80. The Morgan fingerprint density at radius 3 is 2.30 bits per heavy atom. The Balaban J connectivity index is 0.000000810. The molecular weight excluding hydrogens is 144 g/mol. The van der Waals surface area contributed by atoms with E-state index < -0.39 is 0 Å². The van der Waals surface area contributed by atoms with E-state index in [1.165, 1.54) is 13.0 Å². The molecule has 3 heteroatoms. The van der Waals surface area contributed by atoms with E-state index in [1.54, 1.807) is 0 Å². The van der Waals surface area contributed by atoms with Crippen molar-refractivity contribution in [3.8, 4) is 0 Å². The van der Waals surface area contributed by atoms with Crippen molar-refractivity contribution in [1.29, 1.82) is 0 Å². The molecule has 0 spiro atoms. The summed E-state index contributed by atoms with van der Waals surface area (Å²) >= 11 is 0. The first kappa shape index (κ1) is 10.3. The van der Waals surface area contributed by atoms with Gasteiger partial charge in [0.2, 0.25) is 0 Å². The summed E-state index contributed by atoms with van der Waals surface area (Å²) in [6, 6.07) is 1.12. The monoisotopic (exact) mass is 162 g/mol. The second-order valence-corrected chi connectivity index (χ2v) is 3.14. The van der Waals surface area contributed by atoms with E-state index in [0.29, 0.717) is 12.1 Å². The molecule has 0 aromatic rings. The van der Waals surface area contributed by atoms with Crippen LogP contribution in [0.4, 0.5) is 0 Å². The van der Waals surface area contributed by atoms with Crippen LogP contribution in [-0.4, -0.2) is 30.1 Å². The minimum Gasteiger partial charge on any atom is -0.326 e. The summed E-state index contributed by atoms with van der Waals surface area (Å²) in [5.74, 6) is 0. The number of hydrogen-bond donors (Lipinski definition) is 1. The molecule has 1 atom stereocenters. The smallest absolute Gasteiger partial charge is 0.0180 e. The molecule has 0 aromatic carbocycles. The lowest BCUT2D eigenvalue weighted by Crippen LogP contribution is -2.31. The van der Waals surface area contributed by atoms with Crippen LogP contribution in [0.5, 0.6) is 0 Å². The minimum absolute atomic E-state index is 0. The van der Waals surface area contributed by atoms with Crippen LogP contribution in [0.25, 0.3) is 0 Å². The maximum Gasteiger partial charge on any atom is 0.0180 e. The van der Waals surface area contributed by atoms with Gasteiger partial charge in [0.1, 0.15) is 0 Å². The zero-order chi connectivity index (χ0) is 6.85. The van der Waals surface area contributed by atoms with Crippen molar-refractivity contribution in [2.75, 3.05) is 13.1 Å². The van der Waals surface area contributed by atoms with Gasteiger partial charge in [0.25, 0.3) is 0 Å². The molecule has 0 radical (unpaired) electrons. The lowest BCUT2D eigenvalue weighted by Gasteiger charge is -2.19. The Morgan fingerprint density at radius 2 is 2.10 bits per heavy atom. The molecule has 0 saturated carbocycles. The summed E-state index contributed by atoms with van der Waals surface area (Å²) in [4.78, 5) is 2.42. The SMILES string of the molecule is CC(C)N1CC[C@H](N)C1.S. The second-order valence-electron chi connectivity index (χ2n) is 3.14. The van der Waals surface area contributed by atoms with Crippen molar-refractivity contribution in [1.82, 2.24) is 4.90 Å². The van der Waals surface area contributed by atoms with Gasteiger partial charge in [-0.2, -0.15) is 13.5 Å². The van der Waals surface area contributed by atoms with Crippen molar-refractivity contribution < 1.29 is 0 Å². The third-order valence-electron chi connectivity index (χ3n) is 1.99. The highest BCUT2D eigenvalue weighted by molar-refractivity contribution is 7.59. The molecule has 10 heavy (non-hydrogen) atoms. The van der Waals surface area contributed by atoms with E-state index in [2.05, 4.69) is 18.7 Å². The Morgan fingerprint density at radius 1 is 1.50 bits per heavy atom.